The van der Waals surface area contributed by atoms with Crippen molar-refractivity contribution in [2.45, 2.75) is 19.8 Å². The molecule has 4 rings (SSSR count). The van der Waals surface area contributed by atoms with E-state index in [1.54, 1.807) is 13.3 Å². The largest absolute Gasteiger partial charge is 0.495 e. The summed E-state index contributed by atoms with van der Waals surface area (Å²) >= 11 is 0. The van der Waals surface area contributed by atoms with Crippen molar-refractivity contribution in [1.29, 1.82) is 0 Å². The van der Waals surface area contributed by atoms with Gasteiger partial charge in [0.1, 0.15) is 5.75 Å². The first-order chi connectivity index (χ1) is 13.2. The van der Waals surface area contributed by atoms with Gasteiger partial charge in [-0.2, -0.15) is 10.1 Å². The normalized spacial score (nSPS) is 20.7. The van der Waals surface area contributed by atoms with Gasteiger partial charge in [0.05, 0.1) is 19.0 Å². The van der Waals surface area contributed by atoms with Crippen molar-refractivity contribution in [2.75, 3.05) is 61.1 Å². The minimum Gasteiger partial charge on any atom is -0.495 e. The summed E-state index contributed by atoms with van der Waals surface area (Å²) in [6.45, 7) is 7.99. The molecule has 0 spiro atoms. The second-order valence-electron chi connectivity index (χ2n) is 7.45. The van der Waals surface area contributed by atoms with Gasteiger partial charge in [0, 0.05) is 39.3 Å². The van der Waals surface area contributed by atoms with Crippen molar-refractivity contribution in [1.82, 2.24) is 15.2 Å². The van der Waals surface area contributed by atoms with Crippen molar-refractivity contribution in [3.8, 4) is 5.75 Å². The molecule has 7 heteroatoms. The highest BCUT2D eigenvalue weighted by Gasteiger charge is 2.23. The molecule has 2 fully saturated rings. The predicted molar refractivity (Wildman–Crippen MR) is 108 cm³/mol. The Morgan fingerprint density at radius 2 is 1.78 bits per heavy atom. The number of ether oxygens (including phenoxy) is 1. The lowest BCUT2D eigenvalue weighted by Gasteiger charge is -2.37. The SMILES string of the molecule is COc1ccccc1N1CCN(c2nncc(N3CCCC(C)C3)n2)CC1. The molecule has 0 saturated carbocycles. The third kappa shape index (κ3) is 3.91. The van der Waals surface area contributed by atoms with Gasteiger partial charge in [-0.05, 0) is 30.9 Å². The zero-order chi connectivity index (χ0) is 18.6. The molecule has 0 N–H and O–H groups in total. The van der Waals surface area contributed by atoms with Crippen LogP contribution in [0.3, 0.4) is 0 Å². The maximum Gasteiger partial charge on any atom is 0.247 e. The van der Waals surface area contributed by atoms with Crippen LogP contribution in [0.25, 0.3) is 0 Å². The van der Waals surface area contributed by atoms with Crippen LogP contribution in [0.5, 0.6) is 5.75 Å². The molecule has 1 unspecified atom stereocenters. The summed E-state index contributed by atoms with van der Waals surface area (Å²) in [7, 11) is 1.72. The lowest BCUT2D eigenvalue weighted by Crippen LogP contribution is -2.47. The van der Waals surface area contributed by atoms with Crippen molar-refractivity contribution in [3.63, 3.8) is 0 Å². The fourth-order valence-corrected chi connectivity index (χ4v) is 4.01. The van der Waals surface area contributed by atoms with E-state index in [0.717, 1.165) is 62.5 Å². The van der Waals surface area contributed by atoms with E-state index in [4.69, 9.17) is 9.72 Å². The molecular formula is C20H28N6O. The standard InChI is InChI=1S/C20H28N6O/c1-16-6-5-9-26(15-16)19-14-21-23-20(22-19)25-12-10-24(11-13-25)17-7-3-4-8-18(17)27-2/h3-4,7-8,14,16H,5-6,9-13,15H2,1-2H3. The number of piperazine rings is 1. The molecule has 1 aromatic heterocycles. The van der Waals surface area contributed by atoms with Gasteiger partial charge in [-0.25, -0.2) is 0 Å². The Balaban J connectivity index is 1.43. The van der Waals surface area contributed by atoms with E-state index in [2.05, 4.69) is 44.0 Å². The summed E-state index contributed by atoms with van der Waals surface area (Å²) in [5.41, 5.74) is 1.15. The van der Waals surface area contributed by atoms with Crippen LogP contribution in [-0.4, -0.2) is 61.6 Å². The van der Waals surface area contributed by atoms with Crippen LogP contribution in [0.4, 0.5) is 17.5 Å². The number of para-hydroxylation sites is 2. The van der Waals surface area contributed by atoms with Crippen molar-refractivity contribution < 1.29 is 4.74 Å². The summed E-state index contributed by atoms with van der Waals surface area (Å²) in [5, 5.41) is 8.54. The average molecular weight is 368 g/mol. The number of rotatable bonds is 4. The Bertz CT molecular complexity index is 762. The highest BCUT2D eigenvalue weighted by molar-refractivity contribution is 5.59. The Labute approximate surface area is 161 Å². The second kappa shape index (κ2) is 7.98. The van der Waals surface area contributed by atoms with Gasteiger partial charge >= 0.3 is 0 Å². The molecular weight excluding hydrogens is 340 g/mol. The first-order valence-corrected chi connectivity index (χ1v) is 9.82. The molecule has 2 aromatic rings. The maximum atomic E-state index is 5.51. The monoisotopic (exact) mass is 368 g/mol. The van der Waals surface area contributed by atoms with Gasteiger partial charge < -0.3 is 19.4 Å². The van der Waals surface area contributed by atoms with E-state index in [0.29, 0.717) is 5.92 Å². The zero-order valence-electron chi connectivity index (χ0n) is 16.2. The van der Waals surface area contributed by atoms with E-state index < -0.39 is 0 Å². The predicted octanol–water partition coefficient (Wildman–Crippen LogP) is 2.44. The van der Waals surface area contributed by atoms with E-state index in [-0.39, 0.29) is 0 Å². The number of benzene rings is 1. The van der Waals surface area contributed by atoms with E-state index in [1.807, 2.05) is 12.1 Å². The summed E-state index contributed by atoms with van der Waals surface area (Å²) in [4.78, 5) is 11.8. The molecule has 1 atom stereocenters. The third-order valence-corrected chi connectivity index (χ3v) is 5.50. The molecule has 1 aromatic carbocycles. The quantitative estimate of drug-likeness (QED) is 0.821. The Kier molecular flexibility index (Phi) is 5.27. The Morgan fingerprint density at radius 1 is 1.00 bits per heavy atom. The van der Waals surface area contributed by atoms with Crippen LogP contribution in [-0.2, 0) is 0 Å². The average Bonchev–Trinajstić information content (AvgIpc) is 2.74. The van der Waals surface area contributed by atoms with Gasteiger partial charge in [0.2, 0.25) is 5.95 Å². The number of piperidine rings is 1. The lowest BCUT2D eigenvalue weighted by molar-refractivity contribution is 0.413. The fourth-order valence-electron chi connectivity index (χ4n) is 4.01. The number of anilines is 3. The zero-order valence-corrected chi connectivity index (χ0v) is 16.2. The van der Waals surface area contributed by atoms with Gasteiger partial charge in [-0.3, -0.25) is 0 Å². The van der Waals surface area contributed by atoms with E-state index >= 15 is 0 Å². The van der Waals surface area contributed by atoms with Gasteiger partial charge in [-0.15, -0.1) is 5.10 Å². The molecule has 7 nitrogen and oxygen atoms in total. The minimum absolute atomic E-state index is 0.710. The molecule has 2 saturated heterocycles. The van der Waals surface area contributed by atoms with Crippen LogP contribution >= 0.6 is 0 Å². The molecule has 2 aliphatic rings. The van der Waals surface area contributed by atoms with Crippen LogP contribution in [0, 0.1) is 5.92 Å². The maximum absolute atomic E-state index is 5.51. The number of hydrogen-bond donors (Lipinski definition) is 0. The highest BCUT2D eigenvalue weighted by Crippen LogP contribution is 2.29. The fraction of sp³-hybridized carbons (Fsp3) is 0.550. The molecule has 27 heavy (non-hydrogen) atoms. The van der Waals surface area contributed by atoms with Crippen LogP contribution < -0.4 is 19.4 Å². The number of methoxy groups -OCH3 is 1. The van der Waals surface area contributed by atoms with Gasteiger partial charge in [0.25, 0.3) is 0 Å². The van der Waals surface area contributed by atoms with Crippen molar-refractivity contribution in [2.24, 2.45) is 5.92 Å². The molecule has 0 amide bonds. The van der Waals surface area contributed by atoms with Crippen molar-refractivity contribution >= 4 is 17.5 Å². The van der Waals surface area contributed by atoms with Gasteiger partial charge in [0.15, 0.2) is 5.82 Å². The molecule has 0 aliphatic carbocycles. The third-order valence-electron chi connectivity index (χ3n) is 5.50. The Hall–Kier alpha value is -2.57. The summed E-state index contributed by atoms with van der Waals surface area (Å²) < 4.78 is 5.51. The smallest absolute Gasteiger partial charge is 0.247 e. The van der Waals surface area contributed by atoms with Crippen molar-refractivity contribution in [3.05, 3.63) is 30.5 Å². The molecule has 0 bridgehead atoms. The molecule has 0 radical (unpaired) electrons. The first kappa shape index (κ1) is 17.8. The molecule has 3 heterocycles. The number of nitrogens with zero attached hydrogens (tertiary/aromatic N) is 6. The Morgan fingerprint density at radius 3 is 2.56 bits per heavy atom. The first-order valence-electron chi connectivity index (χ1n) is 9.82. The minimum atomic E-state index is 0.710. The van der Waals surface area contributed by atoms with Crippen LogP contribution in [0.2, 0.25) is 0 Å². The number of aromatic nitrogens is 3. The summed E-state index contributed by atoms with van der Waals surface area (Å²) in [6, 6.07) is 8.19. The van der Waals surface area contributed by atoms with Crippen LogP contribution in [0.1, 0.15) is 19.8 Å². The van der Waals surface area contributed by atoms with E-state index in [9.17, 15) is 0 Å². The summed E-state index contributed by atoms with van der Waals surface area (Å²) in [5.74, 6) is 3.33. The van der Waals surface area contributed by atoms with Crippen LogP contribution in [0.15, 0.2) is 30.5 Å². The lowest BCUT2D eigenvalue weighted by atomic mass is 10.0. The number of hydrogen-bond acceptors (Lipinski definition) is 7. The van der Waals surface area contributed by atoms with Gasteiger partial charge in [-0.1, -0.05) is 19.1 Å². The molecule has 2 aliphatic heterocycles. The second-order valence-corrected chi connectivity index (χ2v) is 7.45. The van der Waals surface area contributed by atoms with E-state index in [1.165, 1.54) is 12.8 Å². The summed E-state index contributed by atoms with van der Waals surface area (Å²) in [6.07, 6.45) is 4.32. The molecule has 144 valence electrons. The highest BCUT2D eigenvalue weighted by atomic mass is 16.5. The topological polar surface area (TPSA) is 57.6 Å².